The molecule has 3 aromatic rings. The maximum Gasteiger partial charge on any atom is 0.328 e. The van der Waals surface area contributed by atoms with Crippen molar-refractivity contribution < 1.29 is 4.52 Å². The first-order chi connectivity index (χ1) is 12.0. The molecule has 3 aromatic heterocycles. The van der Waals surface area contributed by atoms with Gasteiger partial charge >= 0.3 is 5.69 Å². The van der Waals surface area contributed by atoms with E-state index in [1.807, 2.05) is 36.2 Å². The molecule has 0 aromatic carbocycles. The molecule has 0 radical (unpaired) electrons. The standard InChI is InChI=1S/C17H19N5O3/c1-12-9-16(23)22(17(24)19-12)8-7-21(2)11-13-10-15(20-25-13)14-5-3-4-6-18-14/h3-6,9-10H,7-8,11H2,1-2H3,(H,19,24). The van der Waals surface area contributed by atoms with Crippen LogP contribution in [0.2, 0.25) is 0 Å². The first-order valence-electron chi connectivity index (χ1n) is 7.89. The lowest BCUT2D eigenvalue weighted by atomic mass is 10.2. The molecule has 0 unspecified atom stereocenters. The van der Waals surface area contributed by atoms with E-state index < -0.39 is 5.69 Å². The van der Waals surface area contributed by atoms with Gasteiger partial charge in [0.05, 0.1) is 12.2 Å². The van der Waals surface area contributed by atoms with Gasteiger partial charge in [0.15, 0.2) is 5.76 Å². The minimum Gasteiger partial charge on any atom is -0.359 e. The fourth-order valence-corrected chi connectivity index (χ4v) is 2.49. The summed E-state index contributed by atoms with van der Waals surface area (Å²) in [6.07, 6.45) is 1.70. The zero-order chi connectivity index (χ0) is 17.8. The molecule has 0 aliphatic carbocycles. The SMILES string of the molecule is Cc1cc(=O)n(CCN(C)Cc2cc(-c3ccccn3)no2)c(=O)[nH]1. The second-order valence-corrected chi connectivity index (χ2v) is 5.88. The summed E-state index contributed by atoms with van der Waals surface area (Å²) in [6.45, 7) is 3.01. The van der Waals surface area contributed by atoms with Gasteiger partial charge < -0.3 is 9.51 Å². The lowest BCUT2D eigenvalue weighted by Crippen LogP contribution is -2.38. The fourth-order valence-electron chi connectivity index (χ4n) is 2.49. The molecule has 0 bridgehead atoms. The molecule has 130 valence electrons. The normalized spacial score (nSPS) is 11.2. The number of aromatic amines is 1. The second-order valence-electron chi connectivity index (χ2n) is 5.88. The third kappa shape index (κ3) is 4.10. The van der Waals surface area contributed by atoms with Crippen LogP contribution in [0.15, 0.2) is 50.6 Å². The highest BCUT2D eigenvalue weighted by Crippen LogP contribution is 2.16. The summed E-state index contributed by atoms with van der Waals surface area (Å²) >= 11 is 0. The summed E-state index contributed by atoms with van der Waals surface area (Å²) in [5, 5.41) is 4.02. The van der Waals surface area contributed by atoms with Gasteiger partial charge in [-0.25, -0.2) is 4.79 Å². The van der Waals surface area contributed by atoms with Crippen molar-refractivity contribution in [3.63, 3.8) is 0 Å². The monoisotopic (exact) mass is 341 g/mol. The van der Waals surface area contributed by atoms with Crippen molar-refractivity contribution in [3.8, 4) is 11.4 Å². The molecule has 0 fully saturated rings. The Labute approximate surface area is 143 Å². The second kappa shape index (κ2) is 7.27. The van der Waals surface area contributed by atoms with Gasteiger partial charge in [-0.2, -0.15) is 0 Å². The van der Waals surface area contributed by atoms with Gasteiger partial charge in [-0.1, -0.05) is 11.2 Å². The van der Waals surface area contributed by atoms with Crippen molar-refractivity contribution in [1.29, 1.82) is 0 Å². The van der Waals surface area contributed by atoms with Crippen molar-refractivity contribution in [2.75, 3.05) is 13.6 Å². The Morgan fingerprint density at radius 3 is 2.80 bits per heavy atom. The molecule has 1 N–H and O–H groups in total. The van der Waals surface area contributed by atoms with Gasteiger partial charge in [-0.15, -0.1) is 0 Å². The Hall–Kier alpha value is -3.00. The molecule has 8 heteroatoms. The molecule has 25 heavy (non-hydrogen) atoms. The molecular formula is C17H19N5O3. The predicted octanol–water partition coefficient (Wildman–Crippen LogP) is 1.03. The van der Waals surface area contributed by atoms with Crippen LogP contribution in [-0.2, 0) is 13.1 Å². The van der Waals surface area contributed by atoms with E-state index >= 15 is 0 Å². The average Bonchev–Trinajstić information content (AvgIpc) is 3.03. The Morgan fingerprint density at radius 1 is 1.24 bits per heavy atom. The number of aromatic nitrogens is 4. The summed E-state index contributed by atoms with van der Waals surface area (Å²) < 4.78 is 6.52. The number of rotatable bonds is 6. The largest absolute Gasteiger partial charge is 0.359 e. The highest BCUT2D eigenvalue weighted by Gasteiger charge is 2.10. The number of H-pyrrole nitrogens is 1. The van der Waals surface area contributed by atoms with Crippen LogP contribution in [0, 0.1) is 6.92 Å². The summed E-state index contributed by atoms with van der Waals surface area (Å²) in [7, 11) is 1.89. The molecule has 0 saturated carbocycles. The predicted molar refractivity (Wildman–Crippen MR) is 92.1 cm³/mol. The highest BCUT2D eigenvalue weighted by atomic mass is 16.5. The molecule has 0 atom stereocenters. The van der Waals surface area contributed by atoms with Crippen LogP contribution in [0.4, 0.5) is 0 Å². The van der Waals surface area contributed by atoms with Crippen LogP contribution < -0.4 is 11.2 Å². The number of hydrogen-bond acceptors (Lipinski definition) is 6. The number of aryl methyl sites for hydroxylation is 1. The number of hydrogen-bond donors (Lipinski definition) is 1. The van der Waals surface area contributed by atoms with Crippen LogP contribution in [0.25, 0.3) is 11.4 Å². The van der Waals surface area contributed by atoms with Crippen molar-refractivity contribution in [2.24, 2.45) is 0 Å². The van der Waals surface area contributed by atoms with Gasteiger partial charge in [0.1, 0.15) is 5.69 Å². The number of pyridine rings is 1. The zero-order valence-electron chi connectivity index (χ0n) is 14.1. The van der Waals surface area contributed by atoms with E-state index in [9.17, 15) is 9.59 Å². The molecule has 0 saturated heterocycles. The Balaban J connectivity index is 1.62. The molecule has 3 rings (SSSR count). The van der Waals surface area contributed by atoms with E-state index in [2.05, 4.69) is 15.1 Å². The van der Waals surface area contributed by atoms with Crippen molar-refractivity contribution >= 4 is 0 Å². The highest BCUT2D eigenvalue weighted by molar-refractivity contribution is 5.52. The molecule has 0 amide bonds. The van der Waals surface area contributed by atoms with Crippen LogP contribution in [-0.4, -0.2) is 38.2 Å². The summed E-state index contributed by atoms with van der Waals surface area (Å²) in [4.78, 5) is 32.5. The van der Waals surface area contributed by atoms with Crippen LogP contribution in [0.3, 0.4) is 0 Å². The van der Waals surface area contributed by atoms with Crippen molar-refractivity contribution in [2.45, 2.75) is 20.0 Å². The van der Waals surface area contributed by atoms with Gasteiger partial charge in [-0.05, 0) is 26.1 Å². The zero-order valence-corrected chi connectivity index (χ0v) is 14.1. The fraction of sp³-hybridized carbons (Fsp3) is 0.294. The van der Waals surface area contributed by atoms with E-state index in [0.717, 1.165) is 5.69 Å². The Bertz CT molecular complexity index is 927. The van der Waals surface area contributed by atoms with E-state index in [1.54, 1.807) is 13.1 Å². The van der Waals surface area contributed by atoms with Crippen LogP contribution in [0.5, 0.6) is 0 Å². The molecule has 0 aliphatic heterocycles. The average molecular weight is 341 g/mol. The maximum atomic E-state index is 11.9. The van der Waals surface area contributed by atoms with Crippen molar-refractivity contribution in [1.82, 2.24) is 24.6 Å². The van der Waals surface area contributed by atoms with Crippen molar-refractivity contribution in [3.05, 3.63) is 68.8 Å². The van der Waals surface area contributed by atoms with Gasteiger partial charge in [0.25, 0.3) is 5.56 Å². The Morgan fingerprint density at radius 2 is 2.08 bits per heavy atom. The van der Waals surface area contributed by atoms with Gasteiger partial charge in [-0.3, -0.25) is 19.2 Å². The van der Waals surface area contributed by atoms with Gasteiger partial charge in [0, 0.05) is 37.1 Å². The molecule has 0 spiro atoms. The third-order valence-corrected chi connectivity index (χ3v) is 3.77. The van der Waals surface area contributed by atoms with E-state index in [-0.39, 0.29) is 5.56 Å². The van der Waals surface area contributed by atoms with E-state index in [0.29, 0.717) is 36.8 Å². The van der Waals surface area contributed by atoms with Crippen LogP contribution >= 0.6 is 0 Å². The molecule has 8 nitrogen and oxygen atoms in total. The number of nitrogens with one attached hydrogen (secondary N) is 1. The minimum atomic E-state index is -0.393. The first kappa shape index (κ1) is 16.8. The summed E-state index contributed by atoms with van der Waals surface area (Å²) in [5.41, 5.74) is 1.29. The van der Waals surface area contributed by atoms with Crippen LogP contribution in [0.1, 0.15) is 11.5 Å². The molecular weight excluding hydrogens is 322 g/mol. The third-order valence-electron chi connectivity index (χ3n) is 3.77. The number of likely N-dealkylation sites (N-methyl/N-ethyl adjacent to an activating group) is 1. The summed E-state index contributed by atoms with van der Waals surface area (Å²) in [6, 6.07) is 8.84. The Kier molecular flexibility index (Phi) is 4.90. The smallest absolute Gasteiger partial charge is 0.328 e. The van der Waals surface area contributed by atoms with E-state index in [4.69, 9.17) is 4.52 Å². The lowest BCUT2D eigenvalue weighted by molar-refractivity contribution is 0.262. The lowest BCUT2D eigenvalue weighted by Gasteiger charge is -2.15. The topological polar surface area (TPSA) is 97.0 Å². The molecule has 3 heterocycles. The quantitative estimate of drug-likeness (QED) is 0.719. The minimum absolute atomic E-state index is 0.298. The summed E-state index contributed by atoms with van der Waals surface area (Å²) in [5.74, 6) is 0.688. The van der Waals surface area contributed by atoms with E-state index in [1.165, 1.54) is 10.6 Å². The van der Waals surface area contributed by atoms with Gasteiger partial charge in [0.2, 0.25) is 0 Å². The molecule has 0 aliphatic rings. The maximum absolute atomic E-state index is 11.9. The first-order valence-corrected chi connectivity index (χ1v) is 7.89. The number of nitrogens with zero attached hydrogens (tertiary/aromatic N) is 4.